The Hall–Kier alpha value is -1.88. The van der Waals surface area contributed by atoms with Crippen molar-refractivity contribution in [2.24, 2.45) is 0 Å². The smallest absolute Gasteiger partial charge is 0.242 e. The summed E-state index contributed by atoms with van der Waals surface area (Å²) in [6.07, 6.45) is 2.98. The Bertz CT molecular complexity index is 593. The lowest BCUT2D eigenvalue weighted by atomic mass is 10.1. The van der Waals surface area contributed by atoms with Crippen molar-refractivity contribution >= 4 is 16.9 Å². The highest BCUT2D eigenvalue weighted by Crippen LogP contribution is 2.14. The maximum absolute atomic E-state index is 12.2. The molecule has 0 spiro atoms. The molecule has 5 nitrogen and oxygen atoms in total. The number of aliphatic hydroxyl groups excluding tert-OH is 1. The minimum Gasteiger partial charge on any atom is -0.391 e. The van der Waals surface area contributed by atoms with Crippen molar-refractivity contribution in [3.63, 3.8) is 0 Å². The Balaban J connectivity index is 1.75. The molecule has 19 heavy (non-hydrogen) atoms. The van der Waals surface area contributed by atoms with E-state index in [2.05, 4.69) is 4.98 Å². The molecule has 2 aromatic rings. The Labute approximate surface area is 111 Å². The van der Waals surface area contributed by atoms with Crippen molar-refractivity contribution < 1.29 is 9.90 Å². The van der Waals surface area contributed by atoms with Crippen molar-refractivity contribution in [3.8, 4) is 0 Å². The number of para-hydroxylation sites is 2. The first kappa shape index (κ1) is 12.2. The molecule has 1 aliphatic rings. The number of fused-ring (bicyclic) bond motifs is 1. The van der Waals surface area contributed by atoms with E-state index in [1.165, 1.54) is 0 Å². The van der Waals surface area contributed by atoms with Gasteiger partial charge in [-0.2, -0.15) is 0 Å². The average Bonchev–Trinajstić information content (AvgIpc) is 2.82. The van der Waals surface area contributed by atoms with Gasteiger partial charge in [0.05, 0.1) is 23.5 Å². The van der Waals surface area contributed by atoms with Gasteiger partial charge in [-0.1, -0.05) is 12.1 Å². The first-order chi connectivity index (χ1) is 9.24. The molecule has 1 unspecified atom stereocenters. The van der Waals surface area contributed by atoms with Crippen molar-refractivity contribution in [2.75, 3.05) is 13.1 Å². The Kier molecular flexibility index (Phi) is 3.21. The van der Waals surface area contributed by atoms with Crippen LogP contribution in [0.3, 0.4) is 0 Å². The molecule has 1 aromatic carbocycles. The predicted molar refractivity (Wildman–Crippen MR) is 71.6 cm³/mol. The highest BCUT2D eigenvalue weighted by molar-refractivity contribution is 5.80. The number of benzene rings is 1. The van der Waals surface area contributed by atoms with Gasteiger partial charge in [0.25, 0.3) is 0 Å². The topological polar surface area (TPSA) is 58.4 Å². The number of aliphatic hydroxyl groups is 1. The fraction of sp³-hybridized carbons (Fsp3) is 0.429. The van der Waals surface area contributed by atoms with Crippen molar-refractivity contribution in [1.29, 1.82) is 0 Å². The van der Waals surface area contributed by atoms with Gasteiger partial charge in [-0.05, 0) is 25.0 Å². The molecule has 1 amide bonds. The second-order valence-corrected chi connectivity index (χ2v) is 5.00. The molecule has 3 rings (SSSR count). The van der Waals surface area contributed by atoms with Gasteiger partial charge in [-0.3, -0.25) is 4.79 Å². The van der Waals surface area contributed by atoms with Gasteiger partial charge in [0.15, 0.2) is 0 Å². The third-order valence-electron chi connectivity index (χ3n) is 3.58. The quantitative estimate of drug-likeness (QED) is 0.876. The lowest BCUT2D eigenvalue weighted by molar-refractivity contribution is -0.134. The molecule has 5 heteroatoms. The maximum atomic E-state index is 12.2. The first-order valence-corrected chi connectivity index (χ1v) is 6.60. The fourth-order valence-electron chi connectivity index (χ4n) is 2.56. The van der Waals surface area contributed by atoms with Crippen LogP contribution in [0.5, 0.6) is 0 Å². The van der Waals surface area contributed by atoms with Gasteiger partial charge < -0.3 is 14.6 Å². The van der Waals surface area contributed by atoms with E-state index in [4.69, 9.17) is 0 Å². The molecule has 0 aliphatic carbocycles. The fourth-order valence-corrected chi connectivity index (χ4v) is 2.56. The molecule has 0 bridgehead atoms. The monoisotopic (exact) mass is 259 g/mol. The standard InChI is InChI=1S/C14H17N3O2/c18-11-4-3-7-16(8-11)14(19)9-17-10-15-12-5-1-2-6-13(12)17/h1-2,5-6,10-11,18H,3-4,7-9H2. The number of nitrogens with zero attached hydrogens (tertiary/aromatic N) is 3. The number of rotatable bonds is 2. The summed E-state index contributed by atoms with van der Waals surface area (Å²) in [5, 5.41) is 9.61. The molecule has 1 aliphatic heterocycles. The Morgan fingerprint density at radius 3 is 3.11 bits per heavy atom. The molecule has 100 valence electrons. The molecule has 1 saturated heterocycles. The van der Waals surface area contributed by atoms with Crippen LogP contribution in [0.25, 0.3) is 11.0 Å². The molecule has 0 saturated carbocycles. The van der Waals surface area contributed by atoms with E-state index in [0.29, 0.717) is 6.54 Å². The largest absolute Gasteiger partial charge is 0.391 e. The SMILES string of the molecule is O=C(Cn1cnc2ccccc21)N1CCCC(O)C1. The number of aromatic nitrogens is 2. The number of likely N-dealkylation sites (tertiary alicyclic amines) is 1. The summed E-state index contributed by atoms with van der Waals surface area (Å²) < 4.78 is 1.86. The van der Waals surface area contributed by atoms with E-state index < -0.39 is 0 Å². The van der Waals surface area contributed by atoms with Crippen LogP contribution in [0.1, 0.15) is 12.8 Å². The van der Waals surface area contributed by atoms with E-state index in [0.717, 1.165) is 30.4 Å². The van der Waals surface area contributed by atoms with E-state index in [-0.39, 0.29) is 18.6 Å². The molecule has 0 radical (unpaired) electrons. The molecular formula is C14H17N3O2. The van der Waals surface area contributed by atoms with Crippen molar-refractivity contribution in [2.45, 2.75) is 25.5 Å². The zero-order valence-corrected chi connectivity index (χ0v) is 10.7. The summed E-state index contributed by atoms with van der Waals surface area (Å²) in [5.74, 6) is 0.0434. The van der Waals surface area contributed by atoms with Crippen LogP contribution < -0.4 is 0 Å². The number of piperidine rings is 1. The summed E-state index contributed by atoms with van der Waals surface area (Å²) in [6, 6.07) is 7.76. The van der Waals surface area contributed by atoms with Crippen LogP contribution in [-0.4, -0.2) is 44.7 Å². The van der Waals surface area contributed by atoms with Gasteiger partial charge in [-0.15, -0.1) is 0 Å². The molecule has 1 aromatic heterocycles. The van der Waals surface area contributed by atoms with Gasteiger partial charge in [-0.25, -0.2) is 4.98 Å². The Morgan fingerprint density at radius 1 is 1.42 bits per heavy atom. The number of β-amino-alcohol motifs (C(OH)–C–C–N with tert-alkyl or cyclic N) is 1. The molecule has 2 heterocycles. The van der Waals surface area contributed by atoms with Crippen LogP contribution in [0.2, 0.25) is 0 Å². The number of carbonyl (C=O) groups is 1. The molecule has 1 atom stereocenters. The predicted octanol–water partition coefficient (Wildman–Crippen LogP) is 1.02. The lowest BCUT2D eigenvalue weighted by Gasteiger charge is -2.30. The Morgan fingerprint density at radius 2 is 2.26 bits per heavy atom. The number of hydrogen-bond acceptors (Lipinski definition) is 3. The third-order valence-corrected chi connectivity index (χ3v) is 3.58. The van der Waals surface area contributed by atoms with E-state index >= 15 is 0 Å². The van der Waals surface area contributed by atoms with Crippen molar-refractivity contribution in [1.82, 2.24) is 14.5 Å². The van der Waals surface area contributed by atoms with E-state index in [1.54, 1.807) is 11.2 Å². The maximum Gasteiger partial charge on any atom is 0.242 e. The molecule has 1 fully saturated rings. The zero-order valence-electron chi connectivity index (χ0n) is 10.7. The highest BCUT2D eigenvalue weighted by Gasteiger charge is 2.22. The minimum absolute atomic E-state index is 0.0434. The first-order valence-electron chi connectivity index (χ1n) is 6.60. The minimum atomic E-state index is -0.378. The van der Waals surface area contributed by atoms with Crippen LogP contribution >= 0.6 is 0 Å². The summed E-state index contributed by atoms with van der Waals surface area (Å²) in [5.41, 5.74) is 1.86. The lowest BCUT2D eigenvalue weighted by Crippen LogP contribution is -2.43. The highest BCUT2D eigenvalue weighted by atomic mass is 16.3. The van der Waals surface area contributed by atoms with Crippen LogP contribution in [0.15, 0.2) is 30.6 Å². The van der Waals surface area contributed by atoms with Gasteiger partial charge in [0.1, 0.15) is 6.54 Å². The van der Waals surface area contributed by atoms with Crippen molar-refractivity contribution in [3.05, 3.63) is 30.6 Å². The van der Waals surface area contributed by atoms with Crippen LogP contribution in [0.4, 0.5) is 0 Å². The second kappa shape index (κ2) is 5.01. The summed E-state index contributed by atoms with van der Waals surface area (Å²) in [4.78, 5) is 18.2. The summed E-state index contributed by atoms with van der Waals surface area (Å²) >= 11 is 0. The van der Waals surface area contributed by atoms with Gasteiger partial charge >= 0.3 is 0 Å². The van der Waals surface area contributed by atoms with Gasteiger partial charge in [0, 0.05) is 13.1 Å². The summed E-state index contributed by atoms with van der Waals surface area (Å²) in [6.45, 7) is 1.47. The van der Waals surface area contributed by atoms with Crippen LogP contribution in [-0.2, 0) is 11.3 Å². The number of carbonyl (C=O) groups excluding carboxylic acids is 1. The van der Waals surface area contributed by atoms with E-state index in [9.17, 15) is 9.90 Å². The average molecular weight is 259 g/mol. The number of hydrogen-bond donors (Lipinski definition) is 1. The third kappa shape index (κ3) is 2.46. The molecular weight excluding hydrogens is 242 g/mol. The zero-order chi connectivity index (χ0) is 13.2. The van der Waals surface area contributed by atoms with E-state index in [1.807, 2.05) is 28.8 Å². The number of imidazole rings is 1. The second-order valence-electron chi connectivity index (χ2n) is 5.00. The summed E-state index contributed by atoms with van der Waals surface area (Å²) in [7, 11) is 0. The molecule has 1 N–H and O–H groups in total. The van der Waals surface area contributed by atoms with Crippen LogP contribution in [0, 0.1) is 0 Å². The normalized spacial score (nSPS) is 19.8. The van der Waals surface area contributed by atoms with Gasteiger partial charge in [0.2, 0.25) is 5.91 Å². The number of amides is 1.